The lowest BCUT2D eigenvalue weighted by Crippen LogP contribution is -2.18. The van der Waals surface area contributed by atoms with Crippen LogP contribution >= 0.6 is 27.5 Å². The van der Waals surface area contributed by atoms with Gasteiger partial charge in [-0.15, -0.1) is 0 Å². The summed E-state index contributed by atoms with van der Waals surface area (Å²) < 4.78 is 24.9. The van der Waals surface area contributed by atoms with Crippen LogP contribution in [0.25, 0.3) is 11.0 Å². The van der Waals surface area contributed by atoms with E-state index in [1.54, 1.807) is 7.11 Å². The molecular weight excluding hydrogens is 324 g/mol. The molecule has 1 aromatic carbocycles. The molecule has 18 heavy (non-hydrogen) atoms. The third-order valence-electron chi connectivity index (χ3n) is 2.57. The predicted molar refractivity (Wildman–Crippen MR) is 72.5 cm³/mol. The molecule has 1 N–H and O–H groups in total. The Morgan fingerprint density at radius 2 is 2.33 bits per heavy atom. The van der Waals surface area contributed by atoms with Gasteiger partial charge in [0.05, 0.1) is 27.8 Å². The van der Waals surface area contributed by atoms with Crippen LogP contribution in [0, 0.1) is 5.82 Å². The molecule has 0 aliphatic heterocycles. The van der Waals surface area contributed by atoms with Crippen LogP contribution in [0.3, 0.4) is 0 Å². The third-order valence-corrected chi connectivity index (χ3v) is 3.43. The summed E-state index contributed by atoms with van der Waals surface area (Å²) in [6.07, 6.45) is 1.54. The van der Waals surface area contributed by atoms with E-state index in [-0.39, 0.29) is 5.02 Å². The fourth-order valence-electron chi connectivity index (χ4n) is 1.70. The predicted octanol–water partition coefficient (Wildman–Crippen LogP) is 3.72. The fraction of sp³-hybridized carbons (Fsp3) is 0.333. The zero-order chi connectivity index (χ0) is 13.1. The molecule has 98 valence electrons. The van der Waals surface area contributed by atoms with Gasteiger partial charge in [-0.2, -0.15) is 0 Å². The number of fused-ring (bicyclic) bond motifs is 1. The summed E-state index contributed by atoms with van der Waals surface area (Å²) in [7, 11) is 1.63. The molecule has 2 aromatic rings. The van der Waals surface area contributed by atoms with Gasteiger partial charge >= 0.3 is 0 Å². The van der Waals surface area contributed by atoms with Crippen LogP contribution in [0.1, 0.15) is 5.56 Å². The molecule has 0 aliphatic carbocycles. The highest BCUT2D eigenvalue weighted by Gasteiger charge is 2.16. The molecule has 0 aliphatic rings. The standard InChI is InChI=1S/C12H12BrClFNO2/c1-17-3-2-16-5-7-6-18-12-8(13)4-9(14)11(15)10(7)12/h4,6,16H,2-3,5H2,1H3. The van der Waals surface area contributed by atoms with E-state index in [4.69, 9.17) is 20.8 Å². The lowest BCUT2D eigenvalue weighted by molar-refractivity contribution is 0.199. The number of benzene rings is 1. The van der Waals surface area contributed by atoms with E-state index < -0.39 is 5.82 Å². The molecule has 0 saturated carbocycles. The Morgan fingerprint density at radius 3 is 3.06 bits per heavy atom. The zero-order valence-corrected chi connectivity index (χ0v) is 12.1. The summed E-state index contributed by atoms with van der Waals surface area (Å²) >= 11 is 9.12. The van der Waals surface area contributed by atoms with Crippen LogP contribution in [0.4, 0.5) is 4.39 Å². The summed E-state index contributed by atoms with van der Waals surface area (Å²) in [6, 6.07) is 1.49. The number of nitrogens with one attached hydrogen (secondary N) is 1. The van der Waals surface area contributed by atoms with Crippen molar-refractivity contribution in [2.75, 3.05) is 20.3 Å². The van der Waals surface area contributed by atoms with Crippen LogP contribution in [0.2, 0.25) is 5.02 Å². The largest absolute Gasteiger partial charge is 0.463 e. The van der Waals surface area contributed by atoms with Crippen molar-refractivity contribution < 1.29 is 13.5 Å². The van der Waals surface area contributed by atoms with E-state index in [0.29, 0.717) is 35.1 Å². The van der Waals surface area contributed by atoms with Crippen molar-refractivity contribution in [1.82, 2.24) is 5.32 Å². The van der Waals surface area contributed by atoms with Crippen molar-refractivity contribution >= 4 is 38.5 Å². The SMILES string of the molecule is COCCNCc1coc2c(Br)cc(Cl)c(F)c12. The molecule has 1 aromatic heterocycles. The molecule has 0 atom stereocenters. The molecule has 3 nitrogen and oxygen atoms in total. The van der Waals surface area contributed by atoms with Crippen molar-refractivity contribution in [2.45, 2.75) is 6.54 Å². The maximum atomic E-state index is 14.0. The van der Waals surface area contributed by atoms with Crippen LogP contribution in [-0.2, 0) is 11.3 Å². The molecule has 0 saturated heterocycles. The molecule has 1 heterocycles. The van der Waals surface area contributed by atoms with Gasteiger partial charge in [0.25, 0.3) is 0 Å². The molecule has 0 radical (unpaired) electrons. The molecule has 6 heteroatoms. The van der Waals surface area contributed by atoms with Gasteiger partial charge in [0.15, 0.2) is 11.4 Å². The van der Waals surface area contributed by atoms with Crippen molar-refractivity contribution in [3.8, 4) is 0 Å². The Hall–Kier alpha value is -0.620. The number of furan rings is 1. The van der Waals surface area contributed by atoms with Gasteiger partial charge in [0.1, 0.15) is 0 Å². The molecule has 2 rings (SSSR count). The summed E-state index contributed by atoms with van der Waals surface area (Å²) in [5, 5.41) is 3.63. The smallest absolute Gasteiger partial charge is 0.153 e. The molecule has 0 amide bonds. The van der Waals surface area contributed by atoms with Gasteiger partial charge in [-0.25, -0.2) is 4.39 Å². The first-order chi connectivity index (χ1) is 8.65. The molecular formula is C12H12BrClFNO2. The minimum absolute atomic E-state index is 0.0777. The van der Waals surface area contributed by atoms with E-state index in [1.807, 2.05) is 0 Å². The van der Waals surface area contributed by atoms with Crippen molar-refractivity contribution in [2.24, 2.45) is 0 Å². The Labute approximate surface area is 117 Å². The van der Waals surface area contributed by atoms with E-state index >= 15 is 0 Å². The number of rotatable bonds is 5. The molecule has 0 spiro atoms. The average molecular weight is 337 g/mol. The van der Waals surface area contributed by atoms with E-state index in [1.165, 1.54) is 12.3 Å². The van der Waals surface area contributed by atoms with Crippen LogP contribution < -0.4 is 5.32 Å². The third kappa shape index (κ3) is 2.69. The molecule has 0 unspecified atom stereocenters. The molecule has 0 bridgehead atoms. The highest BCUT2D eigenvalue weighted by molar-refractivity contribution is 9.10. The number of halogens is 3. The van der Waals surface area contributed by atoms with Crippen LogP contribution in [0.5, 0.6) is 0 Å². The second kappa shape index (κ2) is 6.02. The van der Waals surface area contributed by atoms with E-state index in [0.717, 1.165) is 5.56 Å². The average Bonchev–Trinajstić information content (AvgIpc) is 2.76. The highest BCUT2D eigenvalue weighted by atomic mass is 79.9. The summed E-state index contributed by atoms with van der Waals surface area (Å²) in [4.78, 5) is 0. The number of ether oxygens (including phenoxy) is 1. The Bertz CT molecular complexity index is 558. The Morgan fingerprint density at radius 1 is 1.56 bits per heavy atom. The summed E-state index contributed by atoms with van der Waals surface area (Å²) in [6.45, 7) is 1.79. The first-order valence-electron chi connectivity index (χ1n) is 5.38. The quantitative estimate of drug-likeness (QED) is 0.667. The zero-order valence-electron chi connectivity index (χ0n) is 9.73. The number of hydrogen-bond donors (Lipinski definition) is 1. The van der Waals surface area contributed by atoms with Gasteiger partial charge in [-0.3, -0.25) is 0 Å². The van der Waals surface area contributed by atoms with Crippen molar-refractivity contribution in [3.63, 3.8) is 0 Å². The maximum absolute atomic E-state index is 14.0. The van der Waals surface area contributed by atoms with E-state index in [9.17, 15) is 4.39 Å². The van der Waals surface area contributed by atoms with Gasteiger partial charge in [-0.1, -0.05) is 11.6 Å². The summed E-state index contributed by atoms with van der Waals surface area (Å²) in [5.41, 5.74) is 1.21. The first kappa shape index (κ1) is 13.8. The second-order valence-electron chi connectivity index (χ2n) is 3.79. The Balaban J connectivity index is 2.29. The number of methoxy groups -OCH3 is 1. The molecule has 0 fully saturated rings. The minimum atomic E-state index is -0.452. The fourth-order valence-corrected chi connectivity index (χ4v) is 2.55. The van der Waals surface area contributed by atoms with Gasteiger partial charge < -0.3 is 14.5 Å². The lowest BCUT2D eigenvalue weighted by Gasteiger charge is -2.04. The second-order valence-corrected chi connectivity index (χ2v) is 5.05. The van der Waals surface area contributed by atoms with Crippen molar-refractivity contribution in [3.05, 3.63) is 33.2 Å². The normalized spacial score (nSPS) is 11.3. The highest BCUT2D eigenvalue weighted by Crippen LogP contribution is 2.34. The maximum Gasteiger partial charge on any atom is 0.153 e. The van der Waals surface area contributed by atoms with E-state index in [2.05, 4.69) is 21.2 Å². The first-order valence-corrected chi connectivity index (χ1v) is 6.55. The van der Waals surface area contributed by atoms with Gasteiger partial charge in [0, 0.05) is 25.8 Å². The van der Waals surface area contributed by atoms with Crippen LogP contribution in [-0.4, -0.2) is 20.3 Å². The monoisotopic (exact) mass is 335 g/mol. The van der Waals surface area contributed by atoms with Gasteiger partial charge in [0.2, 0.25) is 0 Å². The summed E-state index contributed by atoms with van der Waals surface area (Å²) in [5.74, 6) is -0.452. The lowest BCUT2D eigenvalue weighted by atomic mass is 10.1. The minimum Gasteiger partial charge on any atom is -0.463 e. The van der Waals surface area contributed by atoms with Gasteiger partial charge in [-0.05, 0) is 22.0 Å². The number of hydrogen-bond acceptors (Lipinski definition) is 3. The van der Waals surface area contributed by atoms with Crippen molar-refractivity contribution in [1.29, 1.82) is 0 Å². The van der Waals surface area contributed by atoms with Crippen LogP contribution in [0.15, 0.2) is 21.2 Å². The topological polar surface area (TPSA) is 34.4 Å². The Kier molecular flexibility index (Phi) is 4.61.